The average molecular weight is 332 g/mol. The van der Waals surface area contributed by atoms with Gasteiger partial charge >= 0.3 is 6.03 Å². The summed E-state index contributed by atoms with van der Waals surface area (Å²) in [5.74, 6) is 1.06. The van der Waals surface area contributed by atoms with Gasteiger partial charge in [0.2, 0.25) is 0 Å². The third kappa shape index (κ3) is 5.03. The van der Waals surface area contributed by atoms with E-state index in [0.29, 0.717) is 6.54 Å². The van der Waals surface area contributed by atoms with Gasteiger partial charge in [0.15, 0.2) is 0 Å². The minimum atomic E-state index is -0.0895. The first kappa shape index (κ1) is 17.4. The quantitative estimate of drug-likeness (QED) is 0.825. The largest absolute Gasteiger partial charge is 0.331 e. The number of aromatic nitrogens is 2. The van der Waals surface area contributed by atoms with Crippen molar-refractivity contribution in [3.8, 4) is 0 Å². The van der Waals surface area contributed by atoms with Crippen molar-refractivity contribution >= 4 is 17.8 Å². The summed E-state index contributed by atoms with van der Waals surface area (Å²) < 4.78 is 1.74. The van der Waals surface area contributed by atoms with Crippen LogP contribution in [0.5, 0.6) is 0 Å². The lowest BCUT2D eigenvalue weighted by atomic mass is 10.1. The summed E-state index contributed by atoms with van der Waals surface area (Å²) in [6, 6.07) is 8.23. The van der Waals surface area contributed by atoms with Crippen molar-refractivity contribution in [1.29, 1.82) is 0 Å². The lowest BCUT2D eigenvalue weighted by Gasteiger charge is -2.21. The van der Waals surface area contributed by atoms with Crippen molar-refractivity contribution in [3.05, 3.63) is 47.8 Å². The molecular formula is C17H24N4OS. The van der Waals surface area contributed by atoms with Crippen LogP contribution < -0.4 is 5.32 Å². The number of rotatable bonds is 6. The van der Waals surface area contributed by atoms with Gasteiger partial charge in [-0.05, 0) is 30.4 Å². The minimum Gasteiger partial charge on any atom is -0.331 e. The monoisotopic (exact) mass is 332 g/mol. The van der Waals surface area contributed by atoms with Crippen LogP contribution in [0.3, 0.4) is 0 Å². The summed E-state index contributed by atoms with van der Waals surface area (Å²) in [4.78, 5) is 15.2. The molecule has 1 aromatic carbocycles. The van der Waals surface area contributed by atoms with E-state index in [0.717, 1.165) is 16.9 Å². The van der Waals surface area contributed by atoms with Gasteiger partial charge in [-0.3, -0.25) is 4.68 Å². The normalized spacial score (nSPS) is 12.0. The first-order chi connectivity index (χ1) is 11.0. The molecule has 0 spiro atoms. The molecule has 1 atom stereocenters. The molecule has 1 aromatic heterocycles. The van der Waals surface area contributed by atoms with Crippen LogP contribution in [-0.2, 0) is 13.6 Å². The maximum atomic E-state index is 12.3. The Hall–Kier alpha value is -1.95. The average Bonchev–Trinajstić information content (AvgIpc) is 2.93. The number of carbonyl (C=O) groups excluding carboxylic acids is 1. The van der Waals surface area contributed by atoms with Gasteiger partial charge in [0.1, 0.15) is 0 Å². The number of hydrogen-bond acceptors (Lipinski definition) is 3. The van der Waals surface area contributed by atoms with Crippen molar-refractivity contribution in [2.24, 2.45) is 7.05 Å². The molecule has 2 amide bonds. The molecule has 0 bridgehead atoms. The second kappa shape index (κ2) is 8.06. The molecule has 23 heavy (non-hydrogen) atoms. The third-order valence-electron chi connectivity index (χ3n) is 3.56. The Balaban J connectivity index is 1.90. The summed E-state index contributed by atoms with van der Waals surface area (Å²) in [5.41, 5.74) is 2.12. The zero-order valence-corrected chi connectivity index (χ0v) is 14.9. The second-order valence-corrected chi connectivity index (χ2v) is 6.89. The van der Waals surface area contributed by atoms with Gasteiger partial charge in [0.05, 0.1) is 18.8 Å². The van der Waals surface area contributed by atoms with E-state index in [1.807, 2.05) is 31.9 Å². The van der Waals surface area contributed by atoms with E-state index in [1.165, 1.54) is 4.90 Å². The molecule has 0 radical (unpaired) electrons. The molecule has 0 saturated carbocycles. The lowest BCUT2D eigenvalue weighted by Crippen LogP contribution is -2.38. The van der Waals surface area contributed by atoms with E-state index in [9.17, 15) is 4.79 Å². The van der Waals surface area contributed by atoms with Crippen molar-refractivity contribution < 1.29 is 4.79 Å². The molecule has 2 aromatic rings. The van der Waals surface area contributed by atoms with Crippen molar-refractivity contribution in [1.82, 2.24) is 20.0 Å². The Bertz CT molecular complexity index is 638. The maximum Gasteiger partial charge on any atom is 0.317 e. The molecule has 1 N–H and O–H groups in total. The molecule has 0 aliphatic carbocycles. The van der Waals surface area contributed by atoms with Gasteiger partial charge in [-0.25, -0.2) is 4.79 Å². The number of thioether (sulfide) groups is 1. The van der Waals surface area contributed by atoms with Gasteiger partial charge in [-0.1, -0.05) is 19.1 Å². The molecule has 6 heteroatoms. The molecule has 0 fully saturated rings. The number of carbonyl (C=O) groups is 1. The number of benzene rings is 1. The van der Waals surface area contributed by atoms with Gasteiger partial charge in [0.25, 0.3) is 0 Å². The van der Waals surface area contributed by atoms with Gasteiger partial charge in [-0.2, -0.15) is 5.10 Å². The number of urea groups is 1. The zero-order chi connectivity index (χ0) is 16.8. The summed E-state index contributed by atoms with van der Waals surface area (Å²) in [6.45, 7) is 4.68. The van der Waals surface area contributed by atoms with Crippen LogP contribution in [0.15, 0.2) is 41.6 Å². The van der Waals surface area contributed by atoms with E-state index >= 15 is 0 Å². The topological polar surface area (TPSA) is 50.2 Å². The summed E-state index contributed by atoms with van der Waals surface area (Å²) >= 11 is 1.81. The summed E-state index contributed by atoms with van der Waals surface area (Å²) in [5, 5.41) is 7.14. The lowest BCUT2D eigenvalue weighted by molar-refractivity contribution is 0.203. The van der Waals surface area contributed by atoms with E-state index in [1.54, 1.807) is 22.8 Å². The number of nitrogens with zero attached hydrogens (tertiary/aromatic N) is 3. The molecule has 0 aliphatic rings. The fourth-order valence-electron chi connectivity index (χ4n) is 2.30. The fraction of sp³-hybridized carbons (Fsp3) is 0.412. The first-order valence-electron chi connectivity index (χ1n) is 7.71. The molecule has 0 unspecified atom stereocenters. The Morgan fingerprint density at radius 3 is 2.65 bits per heavy atom. The van der Waals surface area contributed by atoms with Crippen LogP contribution in [0.25, 0.3) is 0 Å². The molecular weight excluding hydrogens is 308 g/mol. The molecule has 0 aliphatic heterocycles. The van der Waals surface area contributed by atoms with Crippen molar-refractivity contribution in [2.45, 2.75) is 31.3 Å². The number of aryl methyl sites for hydroxylation is 1. The van der Waals surface area contributed by atoms with Gasteiger partial charge < -0.3 is 10.2 Å². The standard InChI is InChI=1S/C17H24N4OS/c1-5-23-16-8-6-15(7-9-16)13(2)19-17(22)20(3)11-14-10-18-21(4)12-14/h6-10,12-13H,5,11H2,1-4H3,(H,19,22)/t13-/m0/s1. The Morgan fingerprint density at radius 1 is 1.39 bits per heavy atom. The van der Waals surface area contributed by atoms with Crippen molar-refractivity contribution in [3.63, 3.8) is 0 Å². The Morgan fingerprint density at radius 2 is 2.09 bits per heavy atom. The Kier molecular flexibility index (Phi) is 6.10. The third-order valence-corrected chi connectivity index (χ3v) is 4.45. The SMILES string of the molecule is CCSc1ccc([C@H](C)NC(=O)N(C)Cc2cnn(C)c2)cc1. The number of amides is 2. The minimum absolute atomic E-state index is 0.0282. The highest BCUT2D eigenvalue weighted by Gasteiger charge is 2.14. The van der Waals surface area contributed by atoms with Crippen LogP contribution >= 0.6 is 11.8 Å². The van der Waals surface area contributed by atoms with Crippen LogP contribution in [-0.4, -0.2) is 33.5 Å². The summed E-state index contributed by atoms with van der Waals surface area (Å²) in [6.07, 6.45) is 3.69. The highest BCUT2D eigenvalue weighted by Crippen LogP contribution is 2.20. The summed E-state index contributed by atoms with van der Waals surface area (Å²) in [7, 11) is 3.65. The van der Waals surface area contributed by atoms with Crippen molar-refractivity contribution in [2.75, 3.05) is 12.8 Å². The molecule has 2 rings (SSSR count). The van der Waals surface area contributed by atoms with E-state index in [2.05, 4.69) is 41.6 Å². The maximum absolute atomic E-state index is 12.3. The Labute approximate surface area is 142 Å². The highest BCUT2D eigenvalue weighted by molar-refractivity contribution is 7.99. The molecule has 0 saturated heterocycles. The highest BCUT2D eigenvalue weighted by atomic mass is 32.2. The zero-order valence-electron chi connectivity index (χ0n) is 14.1. The van der Waals surface area contributed by atoms with Crippen LogP contribution in [0.1, 0.15) is 31.0 Å². The van der Waals surface area contributed by atoms with Gasteiger partial charge in [-0.15, -0.1) is 11.8 Å². The fourth-order valence-corrected chi connectivity index (χ4v) is 2.96. The molecule has 5 nitrogen and oxygen atoms in total. The molecule has 1 heterocycles. The number of nitrogens with one attached hydrogen (secondary N) is 1. The molecule has 124 valence electrons. The van der Waals surface area contributed by atoms with Crippen LogP contribution in [0.2, 0.25) is 0 Å². The van der Waals surface area contributed by atoms with E-state index in [4.69, 9.17) is 0 Å². The van der Waals surface area contributed by atoms with Crippen LogP contribution in [0, 0.1) is 0 Å². The smallest absolute Gasteiger partial charge is 0.317 e. The second-order valence-electron chi connectivity index (χ2n) is 5.55. The predicted molar refractivity (Wildman–Crippen MR) is 94.5 cm³/mol. The van der Waals surface area contributed by atoms with E-state index < -0.39 is 0 Å². The van der Waals surface area contributed by atoms with Crippen LogP contribution in [0.4, 0.5) is 4.79 Å². The van der Waals surface area contributed by atoms with E-state index in [-0.39, 0.29) is 12.1 Å². The number of hydrogen-bond donors (Lipinski definition) is 1. The van der Waals surface area contributed by atoms with Gasteiger partial charge in [0, 0.05) is 30.8 Å². The first-order valence-corrected chi connectivity index (χ1v) is 8.70. The predicted octanol–water partition coefficient (Wildman–Crippen LogP) is 3.43.